The highest BCUT2D eigenvalue weighted by molar-refractivity contribution is 7.15. The van der Waals surface area contributed by atoms with E-state index in [-0.39, 0.29) is 18.3 Å². The maximum atomic E-state index is 14.0. The lowest BCUT2D eigenvalue weighted by Crippen LogP contribution is -2.30. The van der Waals surface area contributed by atoms with Gasteiger partial charge in [0.05, 0.1) is 11.3 Å². The second kappa shape index (κ2) is 8.40. The Morgan fingerprint density at radius 2 is 2.00 bits per heavy atom. The van der Waals surface area contributed by atoms with Crippen molar-refractivity contribution in [3.63, 3.8) is 0 Å². The number of aromatic nitrogens is 3. The van der Waals surface area contributed by atoms with E-state index in [0.29, 0.717) is 35.1 Å². The van der Waals surface area contributed by atoms with Gasteiger partial charge in [-0.05, 0) is 31.2 Å². The Balaban J connectivity index is 1.33. The Labute approximate surface area is 171 Å². The predicted molar refractivity (Wildman–Crippen MR) is 110 cm³/mol. The fourth-order valence-corrected chi connectivity index (χ4v) is 3.67. The summed E-state index contributed by atoms with van der Waals surface area (Å²) in [4.78, 5) is 17.1. The number of hydrogen-bond donors (Lipinski definition) is 1. The fourth-order valence-electron chi connectivity index (χ4n) is 2.82. The minimum Gasteiger partial charge on any atom is -0.484 e. The van der Waals surface area contributed by atoms with Gasteiger partial charge in [0.1, 0.15) is 11.6 Å². The summed E-state index contributed by atoms with van der Waals surface area (Å²) >= 11 is 1.43. The van der Waals surface area contributed by atoms with Gasteiger partial charge >= 0.3 is 0 Å². The van der Waals surface area contributed by atoms with Gasteiger partial charge in [-0.1, -0.05) is 29.8 Å². The van der Waals surface area contributed by atoms with Crippen LogP contribution in [0.5, 0.6) is 5.75 Å². The smallest absolute Gasteiger partial charge is 0.257 e. The molecule has 4 aromatic rings. The molecule has 148 valence electrons. The maximum absolute atomic E-state index is 14.0. The number of aryl methyl sites for hydroxylation is 1. The SMILES string of the molecule is Cc1ccc(OCC(=O)NCCc2csc3nc(-c4ccccc4F)nn23)cc1. The highest BCUT2D eigenvalue weighted by Crippen LogP contribution is 2.23. The van der Waals surface area contributed by atoms with Crippen LogP contribution >= 0.6 is 11.3 Å². The van der Waals surface area contributed by atoms with Crippen molar-refractivity contribution in [1.82, 2.24) is 19.9 Å². The molecule has 0 unspecified atom stereocenters. The molecule has 0 saturated heterocycles. The van der Waals surface area contributed by atoms with Crippen molar-refractivity contribution < 1.29 is 13.9 Å². The Hall–Kier alpha value is -3.26. The monoisotopic (exact) mass is 410 g/mol. The molecule has 1 amide bonds. The zero-order chi connectivity index (χ0) is 20.2. The van der Waals surface area contributed by atoms with E-state index in [4.69, 9.17) is 4.74 Å². The second-order valence-corrected chi connectivity index (χ2v) is 7.37. The number of halogens is 1. The highest BCUT2D eigenvalue weighted by atomic mass is 32.1. The van der Waals surface area contributed by atoms with Gasteiger partial charge in [-0.2, -0.15) is 4.98 Å². The van der Waals surface area contributed by atoms with Crippen molar-refractivity contribution in [3.05, 3.63) is 71.0 Å². The highest BCUT2D eigenvalue weighted by Gasteiger charge is 2.14. The molecule has 0 saturated carbocycles. The number of nitrogens with zero attached hydrogens (tertiary/aromatic N) is 3. The topological polar surface area (TPSA) is 68.5 Å². The summed E-state index contributed by atoms with van der Waals surface area (Å²) in [6, 6.07) is 14.0. The number of ether oxygens (including phenoxy) is 1. The van der Waals surface area contributed by atoms with E-state index in [9.17, 15) is 9.18 Å². The van der Waals surface area contributed by atoms with E-state index in [1.165, 1.54) is 17.4 Å². The molecule has 0 spiro atoms. The van der Waals surface area contributed by atoms with Crippen LogP contribution in [0.25, 0.3) is 16.3 Å². The first-order valence-corrected chi connectivity index (χ1v) is 10.0. The van der Waals surface area contributed by atoms with Crippen molar-refractivity contribution in [2.75, 3.05) is 13.2 Å². The zero-order valence-corrected chi connectivity index (χ0v) is 16.6. The number of rotatable bonds is 7. The van der Waals surface area contributed by atoms with Crippen LogP contribution in [0.15, 0.2) is 53.9 Å². The van der Waals surface area contributed by atoms with Crippen molar-refractivity contribution in [3.8, 4) is 17.1 Å². The van der Waals surface area contributed by atoms with Crippen LogP contribution in [0, 0.1) is 12.7 Å². The van der Waals surface area contributed by atoms with E-state index >= 15 is 0 Å². The van der Waals surface area contributed by atoms with Crippen LogP contribution < -0.4 is 10.1 Å². The first kappa shape index (κ1) is 19.1. The molecular formula is C21H19FN4O2S. The number of hydrogen-bond acceptors (Lipinski definition) is 5. The second-order valence-electron chi connectivity index (χ2n) is 6.54. The number of fused-ring (bicyclic) bond motifs is 1. The third kappa shape index (κ3) is 4.43. The van der Waals surface area contributed by atoms with Crippen molar-refractivity contribution in [1.29, 1.82) is 0 Å². The molecule has 2 heterocycles. The van der Waals surface area contributed by atoms with Crippen molar-refractivity contribution >= 4 is 22.2 Å². The summed E-state index contributed by atoms with van der Waals surface area (Å²) in [5.74, 6) is 0.469. The molecule has 4 rings (SSSR count). The number of amides is 1. The van der Waals surface area contributed by atoms with Crippen LogP contribution in [0.4, 0.5) is 4.39 Å². The number of thiazole rings is 1. The molecule has 6 nitrogen and oxygen atoms in total. The standard InChI is InChI=1S/C21H19FN4O2S/c1-14-6-8-16(9-7-14)28-12-19(27)23-11-10-15-13-29-21-24-20(25-26(15)21)17-4-2-3-5-18(17)22/h2-9,13H,10-12H2,1H3,(H,23,27). The molecule has 1 N–H and O–H groups in total. The normalized spacial score (nSPS) is 11.0. The largest absolute Gasteiger partial charge is 0.484 e. The van der Waals surface area contributed by atoms with E-state index in [0.717, 1.165) is 11.3 Å². The van der Waals surface area contributed by atoms with Crippen LogP contribution in [-0.4, -0.2) is 33.7 Å². The van der Waals surface area contributed by atoms with Crippen molar-refractivity contribution in [2.24, 2.45) is 0 Å². The Kier molecular flexibility index (Phi) is 5.53. The third-order valence-electron chi connectivity index (χ3n) is 4.36. The van der Waals surface area contributed by atoms with E-state index in [2.05, 4.69) is 15.4 Å². The lowest BCUT2D eigenvalue weighted by molar-refractivity contribution is -0.123. The molecule has 0 atom stereocenters. The lowest BCUT2D eigenvalue weighted by atomic mass is 10.2. The van der Waals surface area contributed by atoms with E-state index < -0.39 is 0 Å². The summed E-state index contributed by atoms with van der Waals surface area (Å²) in [6.45, 7) is 2.39. The van der Waals surface area contributed by atoms with Crippen molar-refractivity contribution in [2.45, 2.75) is 13.3 Å². The van der Waals surface area contributed by atoms with E-state index in [1.54, 1.807) is 22.7 Å². The Morgan fingerprint density at radius 1 is 1.21 bits per heavy atom. The van der Waals surface area contributed by atoms with Gasteiger partial charge in [0.15, 0.2) is 12.4 Å². The van der Waals surface area contributed by atoms with Gasteiger partial charge in [0.2, 0.25) is 4.96 Å². The molecule has 0 aliphatic heterocycles. The minimum absolute atomic E-state index is 0.0388. The summed E-state index contributed by atoms with van der Waals surface area (Å²) in [6.07, 6.45) is 0.580. The van der Waals surface area contributed by atoms with Crippen LogP contribution in [0.2, 0.25) is 0 Å². The number of carbonyl (C=O) groups excluding carboxylic acids is 1. The molecule has 0 fully saturated rings. The van der Waals surface area contributed by atoms with Gasteiger partial charge in [0.25, 0.3) is 5.91 Å². The molecule has 0 radical (unpaired) electrons. The minimum atomic E-state index is -0.354. The summed E-state index contributed by atoms with van der Waals surface area (Å²) in [5.41, 5.74) is 2.41. The average molecular weight is 410 g/mol. The molecule has 2 aromatic carbocycles. The first-order chi connectivity index (χ1) is 14.1. The molecule has 29 heavy (non-hydrogen) atoms. The maximum Gasteiger partial charge on any atom is 0.257 e. The number of carbonyl (C=O) groups is 1. The fraction of sp³-hybridized carbons (Fsp3) is 0.190. The quantitative estimate of drug-likeness (QED) is 0.505. The summed E-state index contributed by atoms with van der Waals surface area (Å²) < 4.78 is 21.1. The van der Waals surface area contributed by atoms with Gasteiger partial charge in [0, 0.05) is 18.3 Å². The predicted octanol–water partition coefficient (Wildman–Crippen LogP) is 3.64. The molecule has 8 heteroatoms. The molecule has 0 aliphatic carbocycles. The first-order valence-electron chi connectivity index (χ1n) is 9.14. The number of benzene rings is 2. The van der Waals surface area contributed by atoms with Crippen LogP contribution in [-0.2, 0) is 11.2 Å². The summed E-state index contributed by atoms with van der Waals surface area (Å²) in [7, 11) is 0. The van der Waals surface area contributed by atoms with Gasteiger partial charge in [-0.3, -0.25) is 4.79 Å². The average Bonchev–Trinajstić information content (AvgIpc) is 3.29. The Morgan fingerprint density at radius 3 is 2.79 bits per heavy atom. The molecule has 0 aliphatic rings. The lowest BCUT2D eigenvalue weighted by Gasteiger charge is -2.07. The van der Waals surface area contributed by atoms with E-state index in [1.807, 2.05) is 36.6 Å². The van der Waals surface area contributed by atoms with Crippen LogP contribution in [0.1, 0.15) is 11.3 Å². The zero-order valence-electron chi connectivity index (χ0n) is 15.8. The van der Waals surface area contributed by atoms with Gasteiger partial charge < -0.3 is 10.1 Å². The molecule has 2 aromatic heterocycles. The number of nitrogens with one attached hydrogen (secondary N) is 1. The molecule has 0 bridgehead atoms. The van der Waals surface area contributed by atoms with Gasteiger partial charge in [-0.15, -0.1) is 16.4 Å². The van der Waals surface area contributed by atoms with Gasteiger partial charge in [-0.25, -0.2) is 8.91 Å². The third-order valence-corrected chi connectivity index (χ3v) is 5.22. The Bertz CT molecular complexity index is 1140. The molecular weight excluding hydrogens is 391 g/mol. The van der Waals surface area contributed by atoms with Crippen LogP contribution in [0.3, 0.4) is 0 Å². The summed E-state index contributed by atoms with van der Waals surface area (Å²) in [5, 5.41) is 9.20.